The van der Waals surface area contributed by atoms with E-state index in [4.69, 9.17) is 11.6 Å². The van der Waals surface area contributed by atoms with Gasteiger partial charge >= 0.3 is 0 Å². The maximum Gasteiger partial charge on any atom is 0.159 e. The van der Waals surface area contributed by atoms with E-state index in [-0.39, 0.29) is 0 Å². The quantitative estimate of drug-likeness (QED) is 0.618. The molecule has 0 N–H and O–H groups in total. The van der Waals surface area contributed by atoms with Crippen molar-refractivity contribution in [1.82, 2.24) is 10.2 Å². The molecule has 0 radical (unpaired) electrons. The third kappa shape index (κ3) is 2.20. The fourth-order valence-corrected chi connectivity index (χ4v) is 3.03. The molecule has 0 aliphatic heterocycles. The molecular weight excluding hydrogens is 280 g/mol. The minimum absolute atomic E-state index is 0.453. The average molecular weight is 297 g/mol. The summed E-state index contributed by atoms with van der Waals surface area (Å²) in [4.78, 5) is 0. The van der Waals surface area contributed by atoms with Gasteiger partial charge < -0.3 is 0 Å². The molecule has 3 heteroatoms. The van der Waals surface area contributed by atoms with Gasteiger partial charge in [-0.3, -0.25) is 0 Å². The van der Waals surface area contributed by atoms with Gasteiger partial charge in [-0.15, -0.1) is 10.2 Å². The van der Waals surface area contributed by atoms with Crippen LogP contribution in [0.4, 0.5) is 0 Å². The number of nitrogens with zero attached hydrogens (tertiary/aromatic N) is 2. The van der Waals surface area contributed by atoms with Crippen molar-refractivity contribution in [2.75, 3.05) is 0 Å². The highest BCUT2D eigenvalue weighted by atomic mass is 35.5. The summed E-state index contributed by atoms with van der Waals surface area (Å²) in [6.07, 6.45) is 0. The van der Waals surface area contributed by atoms with E-state index in [0.717, 1.165) is 16.5 Å². The third-order valence-electron chi connectivity index (χ3n) is 4.25. The van der Waals surface area contributed by atoms with Gasteiger partial charge in [0.2, 0.25) is 0 Å². The highest BCUT2D eigenvalue weighted by Gasteiger charge is 2.16. The van der Waals surface area contributed by atoms with E-state index in [2.05, 4.69) is 50.0 Å². The van der Waals surface area contributed by atoms with Crippen molar-refractivity contribution >= 4 is 22.4 Å². The van der Waals surface area contributed by atoms with Crippen LogP contribution in [0, 0.1) is 27.7 Å². The third-order valence-corrected chi connectivity index (χ3v) is 4.52. The van der Waals surface area contributed by atoms with Crippen molar-refractivity contribution in [3.63, 3.8) is 0 Å². The van der Waals surface area contributed by atoms with Gasteiger partial charge in [0.15, 0.2) is 5.15 Å². The van der Waals surface area contributed by atoms with Gasteiger partial charge in [0.25, 0.3) is 0 Å². The summed E-state index contributed by atoms with van der Waals surface area (Å²) in [5.41, 5.74) is 7.13. The Morgan fingerprint density at radius 1 is 0.810 bits per heavy atom. The zero-order valence-electron chi connectivity index (χ0n) is 12.7. The molecule has 0 fully saturated rings. The number of hydrogen-bond acceptors (Lipinski definition) is 2. The Bertz CT molecular complexity index is 827. The molecule has 0 bridgehead atoms. The molecule has 0 aliphatic carbocycles. The molecule has 106 valence electrons. The summed E-state index contributed by atoms with van der Waals surface area (Å²) in [6, 6.07) is 10.3. The van der Waals surface area contributed by atoms with Crippen LogP contribution in [-0.2, 0) is 0 Å². The molecule has 0 saturated carbocycles. The summed E-state index contributed by atoms with van der Waals surface area (Å²) in [5.74, 6) is 0. The summed E-state index contributed by atoms with van der Waals surface area (Å²) >= 11 is 6.18. The predicted molar refractivity (Wildman–Crippen MR) is 88.9 cm³/mol. The van der Waals surface area contributed by atoms with Crippen LogP contribution < -0.4 is 0 Å². The maximum atomic E-state index is 6.18. The summed E-state index contributed by atoms with van der Waals surface area (Å²) in [7, 11) is 0. The minimum Gasteiger partial charge on any atom is -0.148 e. The molecule has 2 aromatic carbocycles. The number of aromatic nitrogens is 2. The zero-order valence-corrected chi connectivity index (χ0v) is 13.4. The fourth-order valence-electron chi connectivity index (χ4n) is 2.83. The van der Waals surface area contributed by atoms with E-state index in [1.54, 1.807) is 0 Å². The van der Waals surface area contributed by atoms with E-state index in [1.165, 1.54) is 27.8 Å². The Hall–Kier alpha value is -1.93. The Kier molecular flexibility index (Phi) is 3.42. The molecule has 3 aromatic rings. The smallest absolute Gasteiger partial charge is 0.148 e. The van der Waals surface area contributed by atoms with Crippen molar-refractivity contribution in [3.8, 4) is 11.3 Å². The van der Waals surface area contributed by atoms with Crippen LogP contribution in [0.2, 0.25) is 5.15 Å². The van der Waals surface area contributed by atoms with Gasteiger partial charge in [0, 0.05) is 16.3 Å². The van der Waals surface area contributed by atoms with Crippen LogP contribution in [-0.4, -0.2) is 10.2 Å². The first-order chi connectivity index (χ1) is 10.0. The highest BCUT2D eigenvalue weighted by molar-refractivity contribution is 6.34. The molecular formula is C18H17ClN2. The summed E-state index contributed by atoms with van der Waals surface area (Å²) in [6.45, 7) is 8.55. The molecule has 2 nitrogen and oxygen atoms in total. The number of aryl methyl sites for hydroxylation is 2. The SMILES string of the molecule is Cc1cc(C)c(C)c(-c2nnc(Cl)c3ccccc23)c1C. The van der Waals surface area contributed by atoms with Crippen molar-refractivity contribution in [2.45, 2.75) is 27.7 Å². The van der Waals surface area contributed by atoms with E-state index < -0.39 is 0 Å². The van der Waals surface area contributed by atoms with Gasteiger partial charge in [0.1, 0.15) is 5.69 Å². The molecule has 0 atom stereocenters. The molecule has 3 rings (SSSR count). The number of benzene rings is 2. The fraction of sp³-hybridized carbons (Fsp3) is 0.222. The number of halogens is 1. The molecule has 0 saturated heterocycles. The van der Waals surface area contributed by atoms with Crippen LogP contribution >= 0.6 is 11.6 Å². The number of rotatable bonds is 1. The second-order valence-corrected chi connectivity index (χ2v) is 5.88. The van der Waals surface area contributed by atoms with Crippen molar-refractivity contribution in [2.24, 2.45) is 0 Å². The van der Waals surface area contributed by atoms with Crippen LogP contribution in [0.1, 0.15) is 22.3 Å². The summed E-state index contributed by atoms with van der Waals surface area (Å²) < 4.78 is 0. The molecule has 0 spiro atoms. The first-order valence-corrected chi connectivity index (χ1v) is 7.37. The Morgan fingerprint density at radius 3 is 2.00 bits per heavy atom. The lowest BCUT2D eigenvalue weighted by molar-refractivity contribution is 1.05. The minimum atomic E-state index is 0.453. The molecule has 0 amide bonds. The lowest BCUT2D eigenvalue weighted by atomic mass is 9.90. The van der Waals surface area contributed by atoms with Crippen molar-refractivity contribution < 1.29 is 0 Å². The predicted octanol–water partition coefficient (Wildman–Crippen LogP) is 5.18. The lowest BCUT2D eigenvalue weighted by Crippen LogP contribution is -1.99. The number of fused-ring (bicyclic) bond motifs is 1. The largest absolute Gasteiger partial charge is 0.159 e. The van der Waals surface area contributed by atoms with Crippen LogP contribution in [0.15, 0.2) is 30.3 Å². The second-order valence-electron chi connectivity index (χ2n) is 5.52. The number of hydrogen-bond donors (Lipinski definition) is 0. The van der Waals surface area contributed by atoms with E-state index >= 15 is 0 Å². The van der Waals surface area contributed by atoms with Crippen molar-refractivity contribution in [1.29, 1.82) is 0 Å². The lowest BCUT2D eigenvalue weighted by Gasteiger charge is -2.16. The van der Waals surface area contributed by atoms with Crippen LogP contribution in [0.25, 0.3) is 22.0 Å². The summed E-state index contributed by atoms with van der Waals surface area (Å²) in [5, 5.41) is 11.0. The normalized spacial score (nSPS) is 11.1. The second kappa shape index (κ2) is 5.12. The maximum absolute atomic E-state index is 6.18. The highest BCUT2D eigenvalue weighted by Crippen LogP contribution is 2.35. The molecule has 1 aromatic heterocycles. The Morgan fingerprint density at radius 2 is 1.38 bits per heavy atom. The van der Waals surface area contributed by atoms with Gasteiger partial charge in [-0.05, 0) is 49.9 Å². The molecule has 1 heterocycles. The monoisotopic (exact) mass is 296 g/mol. The Labute approximate surface area is 129 Å². The van der Waals surface area contributed by atoms with Crippen LogP contribution in [0.3, 0.4) is 0 Å². The van der Waals surface area contributed by atoms with E-state index in [0.29, 0.717) is 5.15 Å². The van der Waals surface area contributed by atoms with Gasteiger partial charge in [-0.25, -0.2) is 0 Å². The first kappa shape index (κ1) is 14.0. The van der Waals surface area contributed by atoms with E-state index in [1.807, 2.05) is 18.2 Å². The van der Waals surface area contributed by atoms with Gasteiger partial charge in [-0.1, -0.05) is 41.9 Å². The van der Waals surface area contributed by atoms with Gasteiger partial charge in [-0.2, -0.15) is 0 Å². The first-order valence-electron chi connectivity index (χ1n) is 6.99. The molecule has 21 heavy (non-hydrogen) atoms. The molecule has 0 unspecified atom stereocenters. The topological polar surface area (TPSA) is 25.8 Å². The van der Waals surface area contributed by atoms with Crippen LogP contribution in [0.5, 0.6) is 0 Å². The molecule has 0 aliphatic rings. The Balaban J connectivity index is 2.45. The van der Waals surface area contributed by atoms with Gasteiger partial charge in [0.05, 0.1) is 0 Å². The average Bonchev–Trinajstić information content (AvgIpc) is 2.48. The van der Waals surface area contributed by atoms with Crippen molar-refractivity contribution in [3.05, 3.63) is 57.7 Å². The zero-order chi connectivity index (χ0) is 15.1. The standard InChI is InChI=1S/C18H17ClN2/c1-10-9-11(2)13(4)16(12(10)3)17-14-7-5-6-8-15(14)18(19)21-20-17/h5-9H,1-4H3. The van der Waals surface area contributed by atoms with E-state index in [9.17, 15) is 0 Å².